The predicted molar refractivity (Wildman–Crippen MR) is 119 cm³/mol. The van der Waals surface area contributed by atoms with Gasteiger partial charge in [0.25, 0.3) is 5.91 Å². The molecule has 1 N–H and O–H groups in total. The molecule has 0 atom stereocenters. The second-order valence-electron chi connectivity index (χ2n) is 6.52. The zero-order valence-electron chi connectivity index (χ0n) is 16.0. The Labute approximate surface area is 185 Å². The van der Waals surface area contributed by atoms with Crippen molar-refractivity contribution < 1.29 is 18.3 Å². The van der Waals surface area contributed by atoms with Crippen molar-refractivity contribution in [1.29, 1.82) is 0 Å². The molecule has 2 heterocycles. The summed E-state index contributed by atoms with van der Waals surface area (Å²) >= 11 is 2.16. The zero-order chi connectivity index (χ0) is 21.1. The Kier molecular flexibility index (Phi) is 5.93. The lowest BCUT2D eigenvalue weighted by Crippen LogP contribution is -2.26. The molecule has 0 bridgehead atoms. The van der Waals surface area contributed by atoms with Crippen LogP contribution in [-0.2, 0) is 6.42 Å². The van der Waals surface area contributed by atoms with E-state index in [9.17, 15) is 9.18 Å². The van der Waals surface area contributed by atoms with E-state index in [2.05, 4.69) is 37.9 Å². The SMILES string of the molecule is COc1ccc(-c2ocnc2C(=O)NCCc2cccc3ncc(F)cc23)cc1I. The number of oxazole rings is 1. The number of ether oxygens (including phenoxy) is 1. The Morgan fingerprint density at radius 2 is 2.10 bits per heavy atom. The fraction of sp³-hybridized carbons (Fsp3) is 0.136. The van der Waals surface area contributed by atoms with Gasteiger partial charge in [0, 0.05) is 17.5 Å². The summed E-state index contributed by atoms with van der Waals surface area (Å²) in [7, 11) is 1.60. The Hall–Kier alpha value is -3.01. The molecule has 0 radical (unpaired) electrons. The van der Waals surface area contributed by atoms with Crippen LogP contribution in [0.15, 0.2) is 59.5 Å². The average molecular weight is 517 g/mol. The van der Waals surface area contributed by atoms with Crippen molar-refractivity contribution in [2.45, 2.75) is 6.42 Å². The van der Waals surface area contributed by atoms with Crippen molar-refractivity contribution in [2.75, 3.05) is 13.7 Å². The van der Waals surface area contributed by atoms with Crippen molar-refractivity contribution >= 4 is 39.4 Å². The van der Waals surface area contributed by atoms with Crippen LogP contribution < -0.4 is 10.1 Å². The van der Waals surface area contributed by atoms with Crippen LogP contribution in [-0.4, -0.2) is 29.5 Å². The van der Waals surface area contributed by atoms with Crippen LogP contribution in [0.25, 0.3) is 22.2 Å². The number of fused-ring (bicyclic) bond motifs is 1. The first kappa shape index (κ1) is 20.3. The summed E-state index contributed by atoms with van der Waals surface area (Å²) in [5.74, 6) is 0.407. The zero-order valence-corrected chi connectivity index (χ0v) is 18.1. The van der Waals surface area contributed by atoms with Crippen molar-refractivity contribution in [1.82, 2.24) is 15.3 Å². The average Bonchev–Trinajstić information content (AvgIpc) is 3.24. The van der Waals surface area contributed by atoms with E-state index >= 15 is 0 Å². The highest BCUT2D eigenvalue weighted by atomic mass is 127. The van der Waals surface area contributed by atoms with Gasteiger partial charge in [0.2, 0.25) is 0 Å². The molecule has 0 saturated heterocycles. The molecule has 4 aromatic rings. The standard InChI is InChI=1S/C22H17FIN3O3/c1-29-19-6-5-14(9-17(19)24)21-20(27-12-30-21)22(28)25-8-7-13-3-2-4-18-16(13)10-15(23)11-26-18/h2-6,9-12H,7-8H2,1H3,(H,25,28). The second kappa shape index (κ2) is 8.78. The summed E-state index contributed by atoms with van der Waals surface area (Å²) in [5.41, 5.74) is 2.57. The summed E-state index contributed by atoms with van der Waals surface area (Å²) in [4.78, 5) is 20.9. The highest BCUT2D eigenvalue weighted by Crippen LogP contribution is 2.29. The van der Waals surface area contributed by atoms with Crippen molar-refractivity contribution in [2.24, 2.45) is 0 Å². The minimum absolute atomic E-state index is 0.210. The Bertz CT molecular complexity index is 1230. The van der Waals surface area contributed by atoms with Gasteiger partial charge in [0.1, 0.15) is 11.6 Å². The highest BCUT2D eigenvalue weighted by Gasteiger charge is 2.19. The molecule has 0 aliphatic rings. The minimum Gasteiger partial charge on any atom is -0.496 e. The fourth-order valence-electron chi connectivity index (χ4n) is 3.22. The summed E-state index contributed by atoms with van der Waals surface area (Å²) in [6, 6.07) is 12.6. The van der Waals surface area contributed by atoms with Crippen LogP contribution in [0.1, 0.15) is 16.1 Å². The van der Waals surface area contributed by atoms with E-state index in [-0.39, 0.29) is 17.4 Å². The number of methoxy groups -OCH3 is 1. The number of benzene rings is 2. The number of hydrogen-bond acceptors (Lipinski definition) is 5. The van der Waals surface area contributed by atoms with Gasteiger partial charge < -0.3 is 14.5 Å². The third kappa shape index (κ3) is 4.13. The van der Waals surface area contributed by atoms with Gasteiger partial charge in [-0.05, 0) is 64.9 Å². The maximum atomic E-state index is 13.6. The molecule has 4 rings (SSSR count). The van der Waals surface area contributed by atoms with Crippen molar-refractivity contribution in [3.63, 3.8) is 0 Å². The number of hydrogen-bond donors (Lipinski definition) is 1. The number of rotatable bonds is 6. The predicted octanol–water partition coefficient (Wildman–Crippen LogP) is 4.61. The number of nitrogens with zero attached hydrogens (tertiary/aromatic N) is 2. The van der Waals surface area contributed by atoms with Gasteiger partial charge in [0.15, 0.2) is 17.8 Å². The largest absolute Gasteiger partial charge is 0.496 e. The van der Waals surface area contributed by atoms with E-state index in [1.165, 1.54) is 18.7 Å². The van der Waals surface area contributed by atoms with E-state index in [1.807, 2.05) is 36.4 Å². The van der Waals surface area contributed by atoms with Gasteiger partial charge in [-0.2, -0.15) is 0 Å². The van der Waals surface area contributed by atoms with E-state index < -0.39 is 0 Å². The molecule has 30 heavy (non-hydrogen) atoms. The number of carbonyl (C=O) groups excluding carboxylic acids is 1. The van der Waals surface area contributed by atoms with E-state index in [1.54, 1.807) is 7.11 Å². The van der Waals surface area contributed by atoms with Crippen LogP contribution in [0.4, 0.5) is 4.39 Å². The van der Waals surface area contributed by atoms with Gasteiger partial charge >= 0.3 is 0 Å². The second-order valence-corrected chi connectivity index (χ2v) is 7.68. The Morgan fingerprint density at radius 1 is 1.23 bits per heavy atom. The smallest absolute Gasteiger partial charge is 0.273 e. The number of carbonyl (C=O) groups is 1. The Balaban J connectivity index is 1.48. The Morgan fingerprint density at radius 3 is 2.90 bits per heavy atom. The third-order valence-electron chi connectivity index (χ3n) is 4.66. The van der Waals surface area contributed by atoms with Crippen LogP contribution in [0.3, 0.4) is 0 Å². The summed E-state index contributed by atoms with van der Waals surface area (Å²) < 4.78 is 25.2. The van der Waals surface area contributed by atoms with Crippen LogP contribution in [0.5, 0.6) is 5.75 Å². The lowest BCUT2D eigenvalue weighted by atomic mass is 10.1. The topological polar surface area (TPSA) is 77.2 Å². The monoisotopic (exact) mass is 517 g/mol. The summed E-state index contributed by atoms with van der Waals surface area (Å²) in [6.07, 6.45) is 2.97. The van der Waals surface area contributed by atoms with Gasteiger partial charge in [0.05, 0.1) is 22.4 Å². The number of halogens is 2. The van der Waals surface area contributed by atoms with Crippen LogP contribution in [0, 0.1) is 9.39 Å². The maximum Gasteiger partial charge on any atom is 0.273 e. The number of nitrogens with one attached hydrogen (secondary N) is 1. The molecule has 1 amide bonds. The minimum atomic E-state index is -0.389. The molecule has 6 nitrogen and oxygen atoms in total. The molecule has 0 saturated carbocycles. The molecule has 8 heteroatoms. The van der Waals surface area contributed by atoms with E-state index in [4.69, 9.17) is 9.15 Å². The van der Waals surface area contributed by atoms with Gasteiger partial charge in [-0.25, -0.2) is 9.37 Å². The highest BCUT2D eigenvalue weighted by molar-refractivity contribution is 14.1. The first-order valence-electron chi connectivity index (χ1n) is 9.15. The fourth-order valence-corrected chi connectivity index (χ4v) is 3.95. The quantitative estimate of drug-likeness (QED) is 0.378. The first-order chi connectivity index (χ1) is 14.6. The first-order valence-corrected chi connectivity index (χ1v) is 10.2. The van der Waals surface area contributed by atoms with Gasteiger partial charge in [-0.1, -0.05) is 12.1 Å². The molecule has 0 unspecified atom stereocenters. The van der Waals surface area contributed by atoms with Crippen LogP contribution >= 0.6 is 22.6 Å². The summed E-state index contributed by atoms with van der Waals surface area (Å²) in [5, 5.41) is 3.60. The number of pyridine rings is 1. The normalized spacial score (nSPS) is 10.9. The molecular weight excluding hydrogens is 500 g/mol. The molecule has 0 fully saturated rings. The van der Waals surface area contributed by atoms with Crippen LogP contribution in [0.2, 0.25) is 0 Å². The molecular formula is C22H17FIN3O3. The molecule has 2 aromatic heterocycles. The van der Waals surface area contributed by atoms with E-state index in [0.717, 1.165) is 25.8 Å². The maximum absolute atomic E-state index is 13.6. The van der Waals surface area contributed by atoms with Crippen molar-refractivity contribution in [3.8, 4) is 17.1 Å². The van der Waals surface area contributed by atoms with Crippen molar-refractivity contribution in [3.05, 3.63) is 75.7 Å². The number of amides is 1. The molecule has 0 spiro atoms. The summed E-state index contributed by atoms with van der Waals surface area (Å²) in [6.45, 7) is 0.362. The molecule has 152 valence electrons. The van der Waals surface area contributed by atoms with Gasteiger partial charge in [-0.15, -0.1) is 0 Å². The molecule has 2 aromatic carbocycles. The molecule has 0 aliphatic carbocycles. The van der Waals surface area contributed by atoms with Gasteiger partial charge in [-0.3, -0.25) is 9.78 Å². The lowest BCUT2D eigenvalue weighted by Gasteiger charge is -2.08. The lowest BCUT2D eigenvalue weighted by molar-refractivity contribution is 0.0950. The number of aromatic nitrogens is 2. The third-order valence-corrected chi connectivity index (χ3v) is 5.50. The van der Waals surface area contributed by atoms with E-state index in [0.29, 0.717) is 24.2 Å². The molecule has 0 aliphatic heterocycles.